The molecule has 1 saturated heterocycles. The predicted molar refractivity (Wildman–Crippen MR) is 51.8 cm³/mol. The molecule has 0 unspecified atom stereocenters. The molecule has 5 heteroatoms. The summed E-state index contributed by atoms with van der Waals surface area (Å²) < 4.78 is 10.4. The van der Waals surface area contributed by atoms with Crippen molar-refractivity contribution in [2.24, 2.45) is 5.73 Å². The lowest BCUT2D eigenvalue weighted by Crippen LogP contribution is -2.31. The van der Waals surface area contributed by atoms with Crippen LogP contribution in [0.3, 0.4) is 0 Å². The van der Waals surface area contributed by atoms with Crippen molar-refractivity contribution in [3.8, 4) is 0 Å². The number of nitrogens with zero attached hydrogens (tertiary/aromatic N) is 1. The second-order valence-corrected chi connectivity index (χ2v) is 3.39. The topological polar surface area (TPSA) is 64.8 Å². The van der Waals surface area contributed by atoms with Crippen molar-refractivity contribution in [2.45, 2.75) is 18.6 Å². The number of nitrogens with two attached hydrogens (primary N) is 1. The Bertz CT molecular complexity index is 186. The van der Waals surface area contributed by atoms with Gasteiger partial charge in [-0.05, 0) is 0 Å². The Morgan fingerprint density at radius 2 is 1.86 bits per heavy atom. The smallest absolute Gasteiger partial charge is 0.224 e. The van der Waals surface area contributed by atoms with Crippen LogP contribution in [0.25, 0.3) is 0 Å². The highest BCUT2D eigenvalue weighted by Gasteiger charge is 2.34. The normalized spacial score (nSPS) is 26.9. The molecule has 1 rings (SSSR count). The van der Waals surface area contributed by atoms with Gasteiger partial charge >= 0.3 is 0 Å². The number of methoxy groups -OCH3 is 2. The SMILES string of the molecule is CO[C@H]1CN(C(=O)CCN)C[C@H]1OC. The van der Waals surface area contributed by atoms with Crippen LogP contribution < -0.4 is 5.73 Å². The van der Waals surface area contributed by atoms with Crippen LogP contribution in [0.2, 0.25) is 0 Å². The van der Waals surface area contributed by atoms with E-state index < -0.39 is 0 Å². The minimum absolute atomic E-state index is 0.0123. The number of amides is 1. The fourth-order valence-electron chi connectivity index (χ4n) is 1.68. The Labute approximate surface area is 84.1 Å². The van der Waals surface area contributed by atoms with Crippen molar-refractivity contribution >= 4 is 5.91 Å². The van der Waals surface area contributed by atoms with Crippen molar-refractivity contribution in [3.63, 3.8) is 0 Å². The maximum Gasteiger partial charge on any atom is 0.224 e. The van der Waals surface area contributed by atoms with Gasteiger partial charge < -0.3 is 20.1 Å². The summed E-state index contributed by atoms with van der Waals surface area (Å²) in [4.78, 5) is 13.2. The van der Waals surface area contributed by atoms with Crippen LogP contribution in [0.5, 0.6) is 0 Å². The zero-order valence-corrected chi connectivity index (χ0v) is 8.73. The fraction of sp³-hybridized carbons (Fsp3) is 0.889. The summed E-state index contributed by atoms with van der Waals surface area (Å²) in [5, 5.41) is 0. The van der Waals surface area contributed by atoms with E-state index in [-0.39, 0.29) is 18.1 Å². The molecule has 0 aliphatic carbocycles. The first kappa shape index (κ1) is 11.4. The number of rotatable bonds is 4. The zero-order valence-electron chi connectivity index (χ0n) is 8.73. The molecular formula is C9H18N2O3. The Balaban J connectivity index is 2.48. The van der Waals surface area contributed by atoms with E-state index in [2.05, 4.69) is 0 Å². The first-order valence-electron chi connectivity index (χ1n) is 4.76. The van der Waals surface area contributed by atoms with E-state index >= 15 is 0 Å². The Morgan fingerprint density at radius 1 is 1.36 bits per heavy atom. The molecule has 14 heavy (non-hydrogen) atoms. The summed E-state index contributed by atoms with van der Waals surface area (Å²) in [6, 6.07) is 0. The highest BCUT2D eigenvalue weighted by atomic mass is 16.5. The van der Waals surface area contributed by atoms with Gasteiger partial charge in [0.1, 0.15) is 12.2 Å². The second-order valence-electron chi connectivity index (χ2n) is 3.39. The van der Waals surface area contributed by atoms with Crippen LogP contribution in [0, 0.1) is 0 Å². The van der Waals surface area contributed by atoms with Gasteiger partial charge in [-0.2, -0.15) is 0 Å². The molecule has 0 radical (unpaired) electrons. The minimum Gasteiger partial charge on any atom is -0.377 e. The van der Waals surface area contributed by atoms with Gasteiger partial charge in [-0.1, -0.05) is 0 Å². The van der Waals surface area contributed by atoms with E-state index in [1.807, 2.05) is 0 Å². The average molecular weight is 202 g/mol. The number of likely N-dealkylation sites (tertiary alicyclic amines) is 1. The highest BCUT2D eigenvalue weighted by Crippen LogP contribution is 2.16. The van der Waals surface area contributed by atoms with Crippen molar-refractivity contribution < 1.29 is 14.3 Å². The van der Waals surface area contributed by atoms with E-state index in [1.165, 1.54) is 0 Å². The minimum atomic E-state index is -0.0123. The molecule has 5 nitrogen and oxygen atoms in total. The van der Waals surface area contributed by atoms with Crippen molar-refractivity contribution in [1.29, 1.82) is 0 Å². The number of hydrogen-bond acceptors (Lipinski definition) is 4. The molecule has 0 aromatic carbocycles. The lowest BCUT2D eigenvalue weighted by Gasteiger charge is -2.14. The largest absolute Gasteiger partial charge is 0.377 e. The van der Waals surface area contributed by atoms with Crippen LogP contribution in [0.4, 0.5) is 0 Å². The van der Waals surface area contributed by atoms with Gasteiger partial charge in [-0.15, -0.1) is 0 Å². The molecule has 82 valence electrons. The summed E-state index contributed by atoms with van der Waals surface area (Å²) in [5.74, 6) is 0.0779. The summed E-state index contributed by atoms with van der Waals surface area (Å²) in [6.45, 7) is 1.60. The van der Waals surface area contributed by atoms with Crippen LogP contribution in [-0.4, -0.2) is 56.9 Å². The Morgan fingerprint density at radius 3 is 2.21 bits per heavy atom. The van der Waals surface area contributed by atoms with Gasteiger partial charge in [0.15, 0.2) is 0 Å². The van der Waals surface area contributed by atoms with Gasteiger partial charge in [0.05, 0.1) is 0 Å². The molecule has 0 aromatic heterocycles. The van der Waals surface area contributed by atoms with E-state index in [1.54, 1.807) is 19.1 Å². The third-order valence-electron chi connectivity index (χ3n) is 2.53. The molecule has 1 fully saturated rings. The van der Waals surface area contributed by atoms with Crippen LogP contribution in [-0.2, 0) is 14.3 Å². The monoisotopic (exact) mass is 202 g/mol. The lowest BCUT2D eigenvalue weighted by atomic mass is 10.3. The fourth-order valence-corrected chi connectivity index (χ4v) is 1.68. The number of carbonyl (C=O) groups is 1. The van der Waals surface area contributed by atoms with E-state index in [4.69, 9.17) is 15.2 Å². The molecular weight excluding hydrogens is 184 g/mol. The molecule has 1 aliphatic heterocycles. The van der Waals surface area contributed by atoms with Crippen molar-refractivity contribution in [1.82, 2.24) is 4.90 Å². The Hall–Kier alpha value is -0.650. The standard InChI is InChI=1S/C9H18N2O3/c1-13-7-5-11(6-8(7)14-2)9(12)3-4-10/h7-8H,3-6,10H2,1-2H3/t7-,8+. The maximum atomic E-state index is 11.5. The first-order chi connectivity index (χ1) is 6.72. The molecule has 0 bridgehead atoms. The second kappa shape index (κ2) is 5.29. The van der Waals surface area contributed by atoms with Crippen molar-refractivity contribution in [3.05, 3.63) is 0 Å². The summed E-state index contributed by atoms with van der Waals surface area (Å²) in [6.07, 6.45) is 0.371. The molecule has 1 amide bonds. The van der Waals surface area contributed by atoms with E-state index in [0.29, 0.717) is 26.1 Å². The third-order valence-corrected chi connectivity index (χ3v) is 2.53. The molecule has 0 saturated carbocycles. The highest BCUT2D eigenvalue weighted by molar-refractivity contribution is 5.76. The van der Waals surface area contributed by atoms with E-state index in [9.17, 15) is 4.79 Å². The summed E-state index contributed by atoms with van der Waals surface area (Å²) >= 11 is 0. The van der Waals surface area contributed by atoms with Crippen LogP contribution >= 0.6 is 0 Å². The zero-order chi connectivity index (χ0) is 10.6. The lowest BCUT2D eigenvalue weighted by molar-refractivity contribution is -0.130. The molecule has 1 heterocycles. The van der Waals surface area contributed by atoms with Crippen molar-refractivity contribution in [2.75, 3.05) is 33.9 Å². The van der Waals surface area contributed by atoms with Gasteiger partial charge in [0, 0.05) is 40.3 Å². The molecule has 0 aromatic rings. The van der Waals surface area contributed by atoms with E-state index in [0.717, 1.165) is 0 Å². The molecule has 2 N–H and O–H groups in total. The van der Waals surface area contributed by atoms with Crippen LogP contribution in [0.1, 0.15) is 6.42 Å². The first-order valence-corrected chi connectivity index (χ1v) is 4.76. The van der Waals surface area contributed by atoms with Gasteiger partial charge in [0.25, 0.3) is 0 Å². The molecule has 2 atom stereocenters. The summed E-state index contributed by atoms with van der Waals surface area (Å²) in [7, 11) is 3.27. The van der Waals surface area contributed by atoms with Crippen LogP contribution in [0.15, 0.2) is 0 Å². The third kappa shape index (κ3) is 2.43. The molecule has 0 spiro atoms. The van der Waals surface area contributed by atoms with Gasteiger partial charge in [-0.25, -0.2) is 0 Å². The van der Waals surface area contributed by atoms with Gasteiger partial charge in [-0.3, -0.25) is 4.79 Å². The number of ether oxygens (including phenoxy) is 2. The number of hydrogen-bond donors (Lipinski definition) is 1. The quantitative estimate of drug-likeness (QED) is 0.648. The summed E-state index contributed by atoms with van der Waals surface area (Å²) in [5.41, 5.74) is 5.32. The molecule has 1 aliphatic rings. The van der Waals surface area contributed by atoms with Gasteiger partial charge in [0.2, 0.25) is 5.91 Å². The predicted octanol–water partition coefficient (Wildman–Crippen LogP) is -0.793. The average Bonchev–Trinajstić information content (AvgIpc) is 2.61. The number of carbonyl (C=O) groups excluding carboxylic acids is 1. The Kier molecular flexibility index (Phi) is 4.31. The maximum absolute atomic E-state index is 11.5.